The van der Waals surface area contributed by atoms with Gasteiger partial charge in [-0.2, -0.15) is 0 Å². The van der Waals surface area contributed by atoms with Gasteiger partial charge in [-0.1, -0.05) is 0 Å². The van der Waals surface area contributed by atoms with E-state index < -0.39 is 6.04 Å². The van der Waals surface area contributed by atoms with E-state index in [2.05, 4.69) is 4.98 Å². The van der Waals surface area contributed by atoms with Crippen LogP contribution in [0.15, 0.2) is 12.5 Å². The van der Waals surface area contributed by atoms with Crippen LogP contribution >= 0.6 is 0 Å². The van der Waals surface area contributed by atoms with Crippen LogP contribution in [-0.2, 0) is 4.79 Å². The van der Waals surface area contributed by atoms with Gasteiger partial charge in [0.05, 0.1) is 12.0 Å². The zero-order chi connectivity index (χ0) is 10.0. The SMILES string of the molecule is CC(C(N)=O)n1cncc1[C@H](C)N. The molecule has 5 nitrogen and oxygen atoms in total. The quantitative estimate of drug-likeness (QED) is 0.687. The van der Waals surface area contributed by atoms with Crippen molar-refractivity contribution in [1.82, 2.24) is 9.55 Å². The Labute approximate surface area is 76.7 Å². The molecule has 4 N–H and O–H groups in total. The Balaban J connectivity index is 3.00. The minimum absolute atomic E-state index is 0.149. The van der Waals surface area contributed by atoms with E-state index in [1.807, 2.05) is 6.92 Å². The number of nitrogens with two attached hydrogens (primary N) is 2. The summed E-state index contributed by atoms with van der Waals surface area (Å²) < 4.78 is 1.69. The van der Waals surface area contributed by atoms with E-state index in [0.29, 0.717) is 0 Å². The van der Waals surface area contributed by atoms with Crippen molar-refractivity contribution in [2.45, 2.75) is 25.9 Å². The summed E-state index contributed by atoms with van der Waals surface area (Å²) in [6, 6.07) is -0.548. The summed E-state index contributed by atoms with van der Waals surface area (Å²) >= 11 is 0. The van der Waals surface area contributed by atoms with Crippen molar-refractivity contribution in [3.63, 3.8) is 0 Å². The number of carbonyl (C=O) groups is 1. The highest BCUT2D eigenvalue weighted by atomic mass is 16.1. The molecule has 0 aliphatic rings. The Morgan fingerprint density at radius 2 is 2.23 bits per heavy atom. The standard InChI is InChI=1S/C8H14N4O/c1-5(9)7-3-11-4-12(7)6(2)8(10)13/h3-6H,9H2,1-2H3,(H2,10,13)/t5-,6?/m0/s1. The molecule has 1 unspecified atom stereocenters. The average Bonchev–Trinajstić information content (AvgIpc) is 2.50. The van der Waals surface area contributed by atoms with Gasteiger partial charge >= 0.3 is 0 Å². The molecule has 0 spiro atoms. The van der Waals surface area contributed by atoms with E-state index in [0.717, 1.165) is 5.69 Å². The van der Waals surface area contributed by atoms with Gasteiger partial charge in [-0.25, -0.2) is 4.98 Å². The average molecular weight is 182 g/mol. The van der Waals surface area contributed by atoms with Gasteiger partial charge in [-0.05, 0) is 13.8 Å². The summed E-state index contributed by atoms with van der Waals surface area (Å²) in [5.74, 6) is -0.389. The lowest BCUT2D eigenvalue weighted by Crippen LogP contribution is -2.26. The highest BCUT2D eigenvalue weighted by Crippen LogP contribution is 2.14. The third-order valence-corrected chi connectivity index (χ3v) is 1.99. The Morgan fingerprint density at radius 3 is 2.69 bits per heavy atom. The largest absolute Gasteiger partial charge is 0.368 e. The number of primary amides is 1. The second-order valence-electron chi connectivity index (χ2n) is 3.09. The van der Waals surface area contributed by atoms with E-state index in [4.69, 9.17) is 11.5 Å². The molecule has 5 heteroatoms. The molecule has 0 aliphatic heterocycles. The predicted octanol–water partition coefficient (Wildman–Crippen LogP) is -0.0509. The number of hydrogen-bond acceptors (Lipinski definition) is 3. The van der Waals surface area contributed by atoms with Gasteiger partial charge < -0.3 is 16.0 Å². The van der Waals surface area contributed by atoms with Gasteiger partial charge in [-0.3, -0.25) is 4.79 Å². The van der Waals surface area contributed by atoms with Crippen LogP contribution in [0.5, 0.6) is 0 Å². The van der Waals surface area contributed by atoms with E-state index in [1.54, 1.807) is 24.0 Å². The van der Waals surface area contributed by atoms with Crippen LogP contribution in [0, 0.1) is 0 Å². The lowest BCUT2D eigenvalue weighted by atomic mass is 10.2. The van der Waals surface area contributed by atoms with Crippen LogP contribution in [0.3, 0.4) is 0 Å². The van der Waals surface area contributed by atoms with Crippen molar-refractivity contribution in [3.8, 4) is 0 Å². The van der Waals surface area contributed by atoms with Crippen molar-refractivity contribution >= 4 is 5.91 Å². The molecule has 1 amide bonds. The molecule has 1 rings (SSSR count). The lowest BCUT2D eigenvalue weighted by Gasteiger charge is -2.14. The first-order valence-electron chi connectivity index (χ1n) is 4.10. The number of imidazole rings is 1. The molecule has 72 valence electrons. The maximum atomic E-state index is 10.9. The van der Waals surface area contributed by atoms with Crippen LogP contribution in [0.2, 0.25) is 0 Å². The molecule has 0 fully saturated rings. The van der Waals surface area contributed by atoms with Crippen molar-refractivity contribution in [3.05, 3.63) is 18.2 Å². The van der Waals surface area contributed by atoms with E-state index in [1.165, 1.54) is 0 Å². The molecular weight excluding hydrogens is 168 g/mol. The third-order valence-electron chi connectivity index (χ3n) is 1.99. The summed E-state index contributed by atoms with van der Waals surface area (Å²) in [6.07, 6.45) is 3.21. The first-order chi connectivity index (χ1) is 6.04. The monoisotopic (exact) mass is 182 g/mol. The van der Waals surface area contributed by atoms with Crippen LogP contribution in [0.25, 0.3) is 0 Å². The number of nitrogens with zero attached hydrogens (tertiary/aromatic N) is 2. The maximum Gasteiger partial charge on any atom is 0.240 e. The van der Waals surface area contributed by atoms with Crippen LogP contribution in [-0.4, -0.2) is 15.5 Å². The summed E-state index contributed by atoms with van der Waals surface area (Å²) in [5, 5.41) is 0. The Bertz CT molecular complexity index is 305. The predicted molar refractivity (Wildman–Crippen MR) is 48.7 cm³/mol. The molecule has 1 aromatic heterocycles. The highest BCUT2D eigenvalue weighted by molar-refractivity contribution is 5.78. The van der Waals surface area contributed by atoms with Crippen LogP contribution in [0.4, 0.5) is 0 Å². The van der Waals surface area contributed by atoms with E-state index >= 15 is 0 Å². The minimum Gasteiger partial charge on any atom is -0.368 e. The number of aromatic nitrogens is 2. The molecule has 13 heavy (non-hydrogen) atoms. The fourth-order valence-electron chi connectivity index (χ4n) is 1.13. The van der Waals surface area contributed by atoms with Gasteiger partial charge in [0.1, 0.15) is 6.04 Å². The molecule has 0 aromatic carbocycles. The molecule has 1 heterocycles. The molecule has 1 aromatic rings. The van der Waals surface area contributed by atoms with Gasteiger partial charge in [-0.15, -0.1) is 0 Å². The minimum atomic E-state index is -0.400. The smallest absolute Gasteiger partial charge is 0.240 e. The third kappa shape index (κ3) is 1.86. The Hall–Kier alpha value is -1.36. The first kappa shape index (κ1) is 9.73. The molecule has 0 aliphatic carbocycles. The number of rotatable bonds is 3. The maximum absolute atomic E-state index is 10.9. The zero-order valence-electron chi connectivity index (χ0n) is 7.77. The number of amides is 1. The van der Waals surface area contributed by atoms with Crippen molar-refractivity contribution in [2.24, 2.45) is 11.5 Å². The van der Waals surface area contributed by atoms with E-state index in [9.17, 15) is 4.79 Å². The zero-order valence-corrected chi connectivity index (χ0v) is 7.77. The van der Waals surface area contributed by atoms with Gasteiger partial charge in [0, 0.05) is 12.2 Å². The summed E-state index contributed by atoms with van der Waals surface area (Å²) in [4.78, 5) is 14.8. The lowest BCUT2D eigenvalue weighted by molar-refractivity contribution is -0.120. The molecule has 0 saturated carbocycles. The summed E-state index contributed by atoms with van der Waals surface area (Å²) in [6.45, 7) is 3.55. The molecule has 0 saturated heterocycles. The molecule has 0 radical (unpaired) electrons. The van der Waals surface area contributed by atoms with Gasteiger partial charge in [0.25, 0.3) is 0 Å². The van der Waals surface area contributed by atoms with Crippen molar-refractivity contribution < 1.29 is 4.79 Å². The van der Waals surface area contributed by atoms with Gasteiger partial charge in [0.2, 0.25) is 5.91 Å². The van der Waals surface area contributed by atoms with Gasteiger partial charge in [0.15, 0.2) is 0 Å². The fourth-order valence-corrected chi connectivity index (χ4v) is 1.13. The molecular formula is C8H14N4O. The number of carbonyl (C=O) groups excluding carboxylic acids is 1. The summed E-state index contributed by atoms with van der Waals surface area (Å²) in [7, 11) is 0. The number of hydrogen-bond donors (Lipinski definition) is 2. The van der Waals surface area contributed by atoms with Crippen LogP contribution < -0.4 is 11.5 Å². The molecule has 0 bridgehead atoms. The highest BCUT2D eigenvalue weighted by Gasteiger charge is 2.15. The Morgan fingerprint density at radius 1 is 1.62 bits per heavy atom. The summed E-state index contributed by atoms with van der Waals surface area (Å²) in [5.41, 5.74) is 11.7. The molecule has 2 atom stereocenters. The van der Waals surface area contributed by atoms with Crippen molar-refractivity contribution in [2.75, 3.05) is 0 Å². The second-order valence-corrected chi connectivity index (χ2v) is 3.09. The topological polar surface area (TPSA) is 86.9 Å². The fraction of sp³-hybridized carbons (Fsp3) is 0.500. The Kier molecular flexibility index (Phi) is 2.67. The first-order valence-corrected chi connectivity index (χ1v) is 4.10. The van der Waals surface area contributed by atoms with Crippen molar-refractivity contribution in [1.29, 1.82) is 0 Å². The van der Waals surface area contributed by atoms with Crippen LogP contribution in [0.1, 0.15) is 31.6 Å². The second kappa shape index (κ2) is 3.57. The van der Waals surface area contributed by atoms with E-state index in [-0.39, 0.29) is 11.9 Å². The normalized spacial score (nSPS) is 15.3.